The number of carboxylic acid groups (broad SMARTS) is 1. The highest BCUT2D eigenvalue weighted by Gasteiger charge is 2.40. The number of aromatic carboxylic acids is 1. The standard InChI is InChI=1S/C12H12O5/c1-12(7-17-12)6-16-11(15)9-4-2-8(3-5-9)10(13)14/h2-5H,6-7H2,1H3,(H,13,14). The van der Waals surface area contributed by atoms with Gasteiger partial charge in [0.25, 0.3) is 0 Å². The molecule has 0 radical (unpaired) electrons. The predicted molar refractivity (Wildman–Crippen MR) is 58.0 cm³/mol. The van der Waals surface area contributed by atoms with Gasteiger partial charge in [-0.3, -0.25) is 0 Å². The van der Waals surface area contributed by atoms with E-state index in [9.17, 15) is 9.59 Å². The molecule has 1 fully saturated rings. The summed E-state index contributed by atoms with van der Waals surface area (Å²) in [6.07, 6.45) is 0. The minimum absolute atomic E-state index is 0.138. The normalized spacial score (nSPS) is 21.9. The second-order valence-corrected chi connectivity index (χ2v) is 4.20. The number of carboxylic acids is 1. The maximum absolute atomic E-state index is 11.6. The molecule has 17 heavy (non-hydrogen) atoms. The van der Waals surface area contributed by atoms with Crippen molar-refractivity contribution in [3.05, 3.63) is 35.4 Å². The third kappa shape index (κ3) is 2.82. The third-order valence-electron chi connectivity index (χ3n) is 2.51. The fourth-order valence-corrected chi connectivity index (χ4v) is 1.26. The zero-order valence-corrected chi connectivity index (χ0v) is 9.30. The third-order valence-corrected chi connectivity index (χ3v) is 2.51. The Morgan fingerprint density at radius 1 is 1.35 bits per heavy atom. The molecule has 2 rings (SSSR count). The summed E-state index contributed by atoms with van der Waals surface area (Å²) < 4.78 is 10.1. The summed E-state index contributed by atoms with van der Waals surface area (Å²) in [6.45, 7) is 2.67. The van der Waals surface area contributed by atoms with E-state index in [-0.39, 0.29) is 17.8 Å². The number of ether oxygens (including phenoxy) is 2. The van der Waals surface area contributed by atoms with Crippen molar-refractivity contribution >= 4 is 11.9 Å². The van der Waals surface area contributed by atoms with Crippen LogP contribution < -0.4 is 0 Å². The highest BCUT2D eigenvalue weighted by Crippen LogP contribution is 2.26. The molecule has 0 aliphatic carbocycles. The van der Waals surface area contributed by atoms with Gasteiger partial charge in [0.2, 0.25) is 0 Å². The zero-order chi connectivity index (χ0) is 12.5. The monoisotopic (exact) mass is 236 g/mol. The smallest absolute Gasteiger partial charge is 0.338 e. The van der Waals surface area contributed by atoms with Crippen LogP contribution >= 0.6 is 0 Å². The van der Waals surface area contributed by atoms with Crippen molar-refractivity contribution in [2.45, 2.75) is 12.5 Å². The van der Waals surface area contributed by atoms with E-state index in [4.69, 9.17) is 14.6 Å². The molecule has 1 aromatic carbocycles. The van der Waals surface area contributed by atoms with Crippen LogP contribution in [0.5, 0.6) is 0 Å². The molecule has 1 saturated heterocycles. The molecule has 90 valence electrons. The molecule has 1 unspecified atom stereocenters. The van der Waals surface area contributed by atoms with Crippen molar-refractivity contribution in [2.75, 3.05) is 13.2 Å². The van der Waals surface area contributed by atoms with Gasteiger partial charge in [0.05, 0.1) is 17.7 Å². The van der Waals surface area contributed by atoms with E-state index in [1.54, 1.807) is 0 Å². The van der Waals surface area contributed by atoms with E-state index >= 15 is 0 Å². The first-order valence-electron chi connectivity index (χ1n) is 5.15. The minimum Gasteiger partial charge on any atom is -0.478 e. The van der Waals surface area contributed by atoms with E-state index in [2.05, 4.69) is 0 Å². The maximum atomic E-state index is 11.6. The molecular formula is C12H12O5. The molecule has 0 amide bonds. The van der Waals surface area contributed by atoms with Gasteiger partial charge in [-0.1, -0.05) is 0 Å². The first-order chi connectivity index (χ1) is 8.00. The topological polar surface area (TPSA) is 76.1 Å². The lowest BCUT2D eigenvalue weighted by atomic mass is 10.1. The van der Waals surface area contributed by atoms with E-state index in [1.165, 1.54) is 24.3 Å². The van der Waals surface area contributed by atoms with Crippen LogP contribution in [0, 0.1) is 0 Å². The molecule has 1 aliphatic heterocycles. The molecule has 5 nitrogen and oxygen atoms in total. The number of esters is 1. The maximum Gasteiger partial charge on any atom is 0.338 e. The Morgan fingerprint density at radius 3 is 2.35 bits per heavy atom. The Labute approximate surface area is 98.0 Å². The van der Waals surface area contributed by atoms with Gasteiger partial charge in [-0.05, 0) is 31.2 Å². The predicted octanol–water partition coefficient (Wildman–Crippen LogP) is 1.33. The van der Waals surface area contributed by atoms with E-state index in [1.807, 2.05) is 6.92 Å². The van der Waals surface area contributed by atoms with Gasteiger partial charge in [0.1, 0.15) is 12.2 Å². The van der Waals surface area contributed by atoms with Crippen LogP contribution in [0.25, 0.3) is 0 Å². The van der Waals surface area contributed by atoms with Crippen molar-refractivity contribution in [1.29, 1.82) is 0 Å². The van der Waals surface area contributed by atoms with Gasteiger partial charge in [-0.2, -0.15) is 0 Å². The zero-order valence-electron chi connectivity index (χ0n) is 9.30. The fourth-order valence-electron chi connectivity index (χ4n) is 1.26. The van der Waals surface area contributed by atoms with Crippen LogP contribution in [0.15, 0.2) is 24.3 Å². The van der Waals surface area contributed by atoms with Crippen LogP contribution in [0.4, 0.5) is 0 Å². The largest absolute Gasteiger partial charge is 0.478 e. The van der Waals surface area contributed by atoms with Crippen molar-refractivity contribution in [1.82, 2.24) is 0 Å². The van der Waals surface area contributed by atoms with Crippen molar-refractivity contribution < 1.29 is 24.2 Å². The number of rotatable bonds is 4. The van der Waals surface area contributed by atoms with E-state index in [0.717, 1.165) is 0 Å². The van der Waals surface area contributed by atoms with Gasteiger partial charge >= 0.3 is 11.9 Å². The number of carbonyl (C=O) groups excluding carboxylic acids is 1. The van der Waals surface area contributed by atoms with Crippen molar-refractivity contribution in [2.24, 2.45) is 0 Å². The Hall–Kier alpha value is -1.88. The lowest BCUT2D eigenvalue weighted by Gasteiger charge is -2.07. The number of hydrogen-bond donors (Lipinski definition) is 1. The molecule has 0 spiro atoms. The average Bonchev–Trinajstić information content (AvgIpc) is 3.05. The molecule has 0 aromatic heterocycles. The number of benzene rings is 1. The van der Waals surface area contributed by atoms with Crippen molar-refractivity contribution in [3.63, 3.8) is 0 Å². The van der Waals surface area contributed by atoms with Crippen LogP contribution in [0.3, 0.4) is 0 Å². The van der Waals surface area contributed by atoms with Gasteiger partial charge < -0.3 is 14.6 Å². The van der Waals surface area contributed by atoms with E-state index < -0.39 is 11.9 Å². The molecule has 0 saturated carbocycles. The SMILES string of the molecule is CC1(COC(=O)c2ccc(C(=O)O)cc2)CO1. The molecule has 1 aromatic rings. The number of carbonyl (C=O) groups is 2. The summed E-state index contributed by atoms with van der Waals surface area (Å²) in [6, 6.07) is 5.60. The second-order valence-electron chi connectivity index (χ2n) is 4.20. The summed E-state index contributed by atoms with van der Waals surface area (Å²) >= 11 is 0. The molecule has 1 aliphatic rings. The Kier molecular flexibility index (Phi) is 2.85. The number of epoxide rings is 1. The molecule has 1 heterocycles. The summed E-state index contributed by atoms with van der Waals surface area (Å²) in [5.41, 5.74) is 0.134. The quantitative estimate of drug-likeness (QED) is 0.630. The molecular weight excluding hydrogens is 224 g/mol. The van der Waals surface area contributed by atoms with Gasteiger partial charge in [0.15, 0.2) is 0 Å². The summed E-state index contributed by atoms with van der Waals surface area (Å²) in [4.78, 5) is 22.2. The highest BCUT2D eigenvalue weighted by molar-refractivity contribution is 5.92. The lowest BCUT2D eigenvalue weighted by molar-refractivity contribution is 0.0410. The summed E-state index contributed by atoms with van der Waals surface area (Å²) in [5.74, 6) is -1.50. The fraction of sp³-hybridized carbons (Fsp3) is 0.333. The van der Waals surface area contributed by atoms with Gasteiger partial charge in [0, 0.05) is 0 Å². The Balaban J connectivity index is 1.96. The Bertz CT molecular complexity index is 444. The van der Waals surface area contributed by atoms with Crippen LogP contribution in [-0.2, 0) is 9.47 Å². The van der Waals surface area contributed by atoms with Gasteiger partial charge in [-0.15, -0.1) is 0 Å². The number of hydrogen-bond acceptors (Lipinski definition) is 4. The van der Waals surface area contributed by atoms with Crippen LogP contribution in [-0.4, -0.2) is 35.9 Å². The summed E-state index contributed by atoms with van der Waals surface area (Å²) in [7, 11) is 0. The van der Waals surface area contributed by atoms with Crippen LogP contribution in [0.1, 0.15) is 27.6 Å². The molecule has 5 heteroatoms. The molecule has 1 atom stereocenters. The van der Waals surface area contributed by atoms with Crippen molar-refractivity contribution in [3.8, 4) is 0 Å². The summed E-state index contributed by atoms with van der Waals surface area (Å²) in [5, 5.41) is 8.70. The first kappa shape index (κ1) is 11.6. The molecule has 1 N–H and O–H groups in total. The average molecular weight is 236 g/mol. The molecule has 0 bridgehead atoms. The Morgan fingerprint density at radius 2 is 1.88 bits per heavy atom. The van der Waals surface area contributed by atoms with E-state index in [0.29, 0.717) is 12.2 Å². The highest BCUT2D eigenvalue weighted by atomic mass is 16.6. The second kappa shape index (κ2) is 4.18. The first-order valence-corrected chi connectivity index (χ1v) is 5.15. The van der Waals surface area contributed by atoms with Gasteiger partial charge in [-0.25, -0.2) is 9.59 Å². The van der Waals surface area contributed by atoms with Crippen LogP contribution in [0.2, 0.25) is 0 Å². The minimum atomic E-state index is -1.02. The lowest BCUT2D eigenvalue weighted by Crippen LogP contribution is -2.18.